The minimum atomic E-state index is -0.0301. The molecule has 30 heavy (non-hydrogen) atoms. The van der Waals surface area contributed by atoms with Gasteiger partial charge >= 0.3 is 0 Å². The molecule has 0 atom stereocenters. The second-order valence-corrected chi connectivity index (χ2v) is 9.41. The minimum Gasteiger partial charge on any atom is -0.321 e. The monoisotopic (exact) mass is 533 g/mol. The smallest absolute Gasteiger partial charge is 0.262 e. The normalized spacial score (nSPS) is 15.5. The van der Waals surface area contributed by atoms with Crippen molar-refractivity contribution in [3.63, 3.8) is 0 Å². The van der Waals surface area contributed by atoms with Crippen molar-refractivity contribution in [3.05, 3.63) is 72.8 Å². The van der Waals surface area contributed by atoms with Gasteiger partial charge in [-0.25, -0.2) is 0 Å². The van der Waals surface area contributed by atoms with Gasteiger partial charge in [-0.05, 0) is 85.0 Å². The highest BCUT2D eigenvalue weighted by molar-refractivity contribution is 14.1. The topological polar surface area (TPSA) is 47.2 Å². The van der Waals surface area contributed by atoms with Gasteiger partial charge in [0.15, 0.2) is 10.6 Å². The maximum absolute atomic E-state index is 12.9. The number of benzene rings is 2. The fourth-order valence-corrected chi connectivity index (χ4v) is 4.80. The summed E-state index contributed by atoms with van der Waals surface area (Å²) in [6, 6.07) is 15.4. The van der Waals surface area contributed by atoms with Crippen molar-refractivity contribution in [2.24, 2.45) is 13.0 Å². The van der Waals surface area contributed by atoms with Gasteiger partial charge in [0.1, 0.15) is 0 Å². The van der Waals surface area contributed by atoms with Crippen molar-refractivity contribution < 1.29 is 4.79 Å². The molecular formula is C23H24IN3O2S. The molecule has 0 unspecified atom stereocenters. The van der Waals surface area contributed by atoms with Gasteiger partial charge in [0.2, 0.25) is 0 Å². The molecule has 5 nitrogen and oxygen atoms in total. The predicted molar refractivity (Wildman–Crippen MR) is 131 cm³/mol. The van der Waals surface area contributed by atoms with E-state index in [1.807, 2.05) is 60.1 Å². The van der Waals surface area contributed by atoms with E-state index in [0.29, 0.717) is 16.7 Å². The first-order valence-electron chi connectivity index (χ1n) is 10.2. The van der Waals surface area contributed by atoms with E-state index in [2.05, 4.69) is 27.5 Å². The van der Waals surface area contributed by atoms with Crippen molar-refractivity contribution in [2.45, 2.75) is 19.4 Å². The number of para-hydroxylation sites is 1. The number of aryl methyl sites for hydroxylation is 1. The SMILES string of the molecule is Cn1c(=S)n(CCN2CCC(C(=O)c3ccc(I)cc3)CC2)c(=O)c2ccccc21. The summed E-state index contributed by atoms with van der Waals surface area (Å²) < 4.78 is 5.28. The van der Waals surface area contributed by atoms with Gasteiger partial charge in [-0.1, -0.05) is 24.3 Å². The molecular weight excluding hydrogens is 509 g/mol. The van der Waals surface area contributed by atoms with Crippen molar-refractivity contribution >= 4 is 51.5 Å². The summed E-state index contributed by atoms with van der Waals surface area (Å²) in [5.74, 6) is 0.327. The van der Waals surface area contributed by atoms with E-state index in [1.165, 1.54) is 0 Å². The van der Waals surface area contributed by atoms with Crippen LogP contribution in [0, 0.1) is 14.3 Å². The quantitative estimate of drug-likeness (QED) is 0.279. The summed E-state index contributed by atoms with van der Waals surface area (Å²) in [5, 5.41) is 0.690. The molecule has 1 aromatic heterocycles. The maximum atomic E-state index is 12.9. The van der Waals surface area contributed by atoms with Crippen molar-refractivity contribution in [1.82, 2.24) is 14.0 Å². The number of aromatic nitrogens is 2. The fraction of sp³-hybridized carbons (Fsp3) is 0.348. The van der Waals surface area contributed by atoms with Crippen LogP contribution in [0.15, 0.2) is 53.3 Å². The highest BCUT2D eigenvalue weighted by Gasteiger charge is 2.25. The Labute approximate surface area is 194 Å². The average molecular weight is 533 g/mol. The number of ketones is 1. The van der Waals surface area contributed by atoms with E-state index in [4.69, 9.17) is 12.2 Å². The molecule has 0 N–H and O–H groups in total. The molecule has 1 aliphatic rings. The fourth-order valence-electron chi connectivity index (χ4n) is 4.17. The lowest BCUT2D eigenvalue weighted by Crippen LogP contribution is -2.39. The van der Waals surface area contributed by atoms with E-state index in [1.54, 1.807) is 4.57 Å². The maximum Gasteiger partial charge on any atom is 0.262 e. The van der Waals surface area contributed by atoms with Crippen molar-refractivity contribution in [1.29, 1.82) is 0 Å². The Bertz CT molecular complexity index is 1190. The number of carbonyl (C=O) groups excluding carboxylic acids is 1. The third kappa shape index (κ3) is 4.29. The zero-order chi connectivity index (χ0) is 21.3. The molecule has 0 saturated carbocycles. The van der Waals surface area contributed by atoms with Crippen LogP contribution in [0.5, 0.6) is 0 Å². The van der Waals surface area contributed by atoms with Gasteiger partial charge in [-0.3, -0.25) is 14.2 Å². The standard InChI is InChI=1S/C23H24IN3O2S/c1-25-20-5-3-2-4-19(20)22(29)27(23(25)30)15-14-26-12-10-17(11-13-26)21(28)16-6-8-18(24)9-7-16/h2-9,17H,10-15H2,1H3. The highest BCUT2D eigenvalue weighted by atomic mass is 127. The number of hydrogen-bond donors (Lipinski definition) is 0. The zero-order valence-electron chi connectivity index (χ0n) is 16.9. The van der Waals surface area contributed by atoms with E-state index in [0.717, 1.165) is 47.1 Å². The number of hydrogen-bond acceptors (Lipinski definition) is 4. The molecule has 1 saturated heterocycles. The first kappa shape index (κ1) is 21.4. The van der Waals surface area contributed by atoms with Crippen LogP contribution in [0.4, 0.5) is 0 Å². The molecule has 2 heterocycles. The van der Waals surface area contributed by atoms with Gasteiger partial charge in [0, 0.05) is 35.2 Å². The van der Waals surface area contributed by atoms with E-state index < -0.39 is 0 Å². The number of carbonyl (C=O) groups is 1. The Hall–Kier alpha value is -1.84. The molecule has 0 aliphatic carbocycles. The number of halogens is 1. The Balaban J connectivity index is 1.41. The average Bonchev–Trinajstić information content (AvgIpc) is 2.78. The zero-order valence-corrected chi connectivity index (χ0v) is 19.9. The predicted octanol–water partition coefficient (Wildman–Crippen LogP) is 4.27. The van der Waals surface area contributed by atoms with Crippen LogP contribution in [0.3, 0.4) is 0 Å². The molecule has 0 bridgehead atoms. The molecule has 0 radical (unpaired) electrons. The molecule has 1 fully saturated rings. The summed E-state index contributed by atoms with van der Waals surface area (Å²) in [7, 11) is 1.91. The first-order valence-corrected chi connectivity index (χ1v) is 11.6. The lowest BCUT2D eigenvalue weighted by Gasteiger charge is -2.31. The number of nitrogens with zero attached hydrogens (tertiary/aromatic N) is 3. The van der Waals surface area contributed by atoms with Crippen molar-refractivity contribution in [2.75, 3.05) is 19.6 Å². The number of rotatable bonds is 5. The number of fused-ring (bicyclic) bond motifs is 1. The van der Waals surface area contributed by atoms with Crippen LogP contribution in [-0.4, -0.2) is 39.5 Å². The third-order valence-corrected chi connectivity index (χ3v) is 7.20. The summed E-state index contributed by atoms with van der Waals surface area (Å²) in [4.78, 5) is 28.0. The Morgan fingerprint density at radius 1 is 1.07 bits per heavy atom. The Morgan fingerprint density at radius 3 is 2.43 bits per heavy atom. The number of likely N-dealkylation sites (tertiary alicyclic amines) is 1. The van der Waals surface area contributed by atoms with Gasteiger partial charge in [0.05, 0.1) is 10.9 Å². The Morgan fingerprint density at radius 2 is 1.73 bits per heavy atom. The van der Waals surface area contributed by atoms with E-state index in [-0.39, 0.29) is 17.3 Å². The van der Waals surface area contributed by atoms with Crippen molar-refractivity contribution in [3.8, 4) is 0 Å². The van der Waals surface area contributed by atoms with Gasteiger partial charge in [0.25, 0.3) is 5.56 Å². The van der Waals surface area contributed by atoms with Gasteiger partial charge < -0.3 is 9.47 Å². The largest absolute Gasteiger partial charge is 0.321 e. The number of piperidine rings is 1. The van der Waals surface area contributed by atoms with Gasteiger partial charge in [-0.2, -0.15) is 0 Å². The van der Waals surface area contributed by atoms with Gasteiger partial charge in [-0.15, -0.1) is 0 Å². The van der Waals surface area contributed by atoms with Crippen LogP contribution in [0.1, 0.15) is 23.2 Å². The van der Waals surface area contributed by atoms with E-state index in [9.17, 15) is 9.59 Å². The lowest BCUT2D eigenvalue weighted by atomic mass is 9.89. The molecule has 0 spiro atoms. The lowest BCUT2D eigenvalue weighted by molar-refractivity contribution is 0.0837. The van der Waals surface area contributed by atoms with Crippen LogP contribution < -0.4 is 5.56 Å². The molecule has 7 heteroatoms. The minimum absolute atomic E-state index is 0.0301. The summed E-state index contributed by atoms with van der Waals surface area (Å²) >= 11 is 7.80. The molecule has 2 aromatic carbocycles. The van der Waals surface area contributed by atoms with Crippen LogP contribution in [-0.2, 0) is 13.6 Å². The molecule has 156 valence electrons. The summed E-state index contributed by atoms with van der Waals surface area (Å²) in [6.07, 6.45) is 1.71. The second kappa shape index (κ2) is 9.11. The van der Waals surface area contributed by atoms with E-state index >= 15 is 0 Å². The molecule has 1 aliphatic heterocycles. The molecule has 4 rings (SSSR count). The summed E-state index contributed by atoms with van der Waals surface area (Å²) in [6.45, 7) is 3.04. The molecule has 3 aromatic rings. The van der Waals surface area contributed by atoms with Crippen LogP contribution in [0.25, 0.3) is 10.9 Å². The highest BCUT2D eigenvalue weighted by Crippen LogP contribution is 2.22. The first-order chi connectivity index (χ1) is 14.5. The number of Topliss-reactive ketones (excluding diaryl/α,β-unsaturated/α-hetero) is 1. The third-order valence-electron chi connectivity index (χ3n) is 5.99. The van der Waals surface area contributed by atoms with Crippen LogP contribution in [0.2, 0.25) is 0 Å². The Kier molecular flexibility index (Phi) is 6.50. The second-order valence-electron chi connectivity index (χ2n) is 7.80. The summed E-state index contributed by atoms with van der Waals surface area (Å²) in [5.41, 5.74) is 1.64. The molecule has 0 amide bonds. The van der Waals surface area contributed by atoms with Crippen LogP contribution >= 0.6 is 34.8 Å².